The Labute approximate surface area is 87.4 Å². The Morgan fingerprint density at radius 3 is 0.846 bits per heavy atom. The quantitative estimate of drug-likeness (QED) is 0.489. The van der Waals surface area contributed by atoms with E-state index in [9.17, 15) is 0 Å². The molecule has 0 aliphatic heterocycles. The lowest BCUT2D eigenvalue weighted by atomic mass is 10.3. The molecule has 84 valence electrons. The van der Waals surface area contributed by atoms with Gasteiger partial charge in [0.15, 0.2) is 0 Å². The van der Waals surface area contributed by atoms with Crippen molar-refractivity contribution in [3.63, 3.8) is 0 Å². The topological polar surface area (TPSA) is 0 Å². The fraction of sp³-hybridized carbons (Fsp3) is 0.846. The lowest BCUT2D eigenvalue weighted by Crippen LogP contribution is -1.59. The highest BCUT2D eigenvalue weighted by atomic mass is 13.7. The monoisotopic (exact) mass is 188 g/mol. The van der Waals surface area contributed by atoms with Crippen LogP contribution in [0.25, 0.3) is 0 Å². The number of hydrogen-bond acceptors (Lipinski definition) is 0. The van der Waals surface area contributed by atoms with E-state index in [0.29, 0.717) is 0 Å². The molecule has 0 aromatic rings. The van der Waals surface area contributed by atoms with Gasteiger partial charge in [0, 0.05) is 0 Å². The second kappa shape index (κ2) is 60.3. The van der Waals surface area contributed by atoms with Gasteiger partial charge >= 0.3 is 0 Å². The van der Waals surface area contributed by atoms with Gasteiger partial charge in [-0.05, 0) is 0 Å². The molecule has 0 saturated carbocycles. The third kappa shape index (κ3) is 148. The molecular formula is C13H32. The van der Waals surface area contributed by atoms with Crippen LogP contribution in [-0.2, 0) is 0 Å². The first-order valence-corrected chi connectivity index (χ1v) is 5.83. The molecule has 0 aliphatic carbocycles. The van der Waals surface area contributed by atoms with Gasteiger partial charge in [0.05, 0.1) is 0 Å². The second-order valence-corrected chi connectivity index (χ2v) is 2.35. The summed E-state index contributed by atoms with van der Waals surface area (Å²) < 4.78 is 0. The van der Waals surface area contributed by atoms with Crippen LogP contribution in [0.2, 0.25) is 0 Å². The highest BCUT2D eigenvalue weighted by Gasteiger charge is 1.68. The Balaban J connectivity index is -0.0000000457. The Morgan fingerprint density at radius 2 is 0.846 bits per heavy atom. The van der Waals surface area contributed by atoms with Gasteiger partial charge in [0.1, 0.15) is 0 Å². The Bertz CT molecular complexity index is 27.0. The zero-order valence-corrected chi connectivity index (χ0v) is 10.9. The first-order valence-electron chi connectivity index (χ1n) is 5.83. The molecule has 0 N–H and O–H groups in total. The van der Waals surface area contributed by atoms with Crippen LogP contribution in [0.4, 0.5) is 0 Å². The maximum atomic E-state index is 3.00. The predicted octanol–water partition coefficient (Wildman–Crippen LogP) is 5.83. The summed E-state index contributed by atoms with van der Waals surface area (Å²) in [5.74, 6) is 0. The minimum atomic E-state index is 1.32. The predicted molar refractivity (Wildman–Crippen MR) is 68.4 cm³/mol. The van der Waals surface area contributed by atoms with E-state index >= 15 is 0 Å². The van der Waals surface area contributed by atoms with Crippen LogP contribution >= 0.6 is 0 Å². The van der Waals surface area contributed by atoms with Crippen LogP contribution in [0, 0.1) is 0 Å². The van der Waals surface area contributed by atoms with E-state index in [4.69, 9.17) is 0 Å². The van der Waals surface area contributed by atoms with Gasteiger partial charge in [0.25, 0.3) is 0 Å². The summed E-state index contributed by atoms with van der Waals surface area (Å²) >= 11 is 0. The second-order valence-electron chi connectivity index (χ2n) is 2.35. The molecule has 0 nitrogen and oxygen atoms in total. The number of rotatable bonds is 3. The van der Waals surface area contributed by atoms with E-state index in [1.807, 2.05) is 13.8 Å². The molecule has 0 saturated heterocycles. The van der Waals surface area contributed by atoms with Crippen molar-refractivity contribution >= 4 is 0 Å². The van der Waals surface area contributed by atoms with Crippen molar-refractivity contribution in [3.05, 3.63) is 13.2 Å². The third-order valence-electron chi connectivity index (χ3n) is 1.21. The number of hydrogen-bond donors (Lipinski definition) is 0. The van der Waals surface area contributed by atoms with Crippen molar-refractivity contribution < 1.29 is 0 Å². The van der Waals surface area contributed by atoms with Gasteiger partial charge in [-0.15, -0.1) is 13.2 Å². The van der Waals surface area contributed by atoms with Crippen LogP contribution in [0.3, 0.4) is 0 Å². The van der Waals surface area contributed by atoms with Crippen molar-refractivity contribution in [2.75, 3.05) is 0 Å². The zero-order valence-electron chi connectivity index (χ0n) is 10.9. The lowest BCUT2D eigenvalue weighted by Gasteiger charge is -1.79. The summed E-state index contributed by atoms with van der Waals surface area (Å²) in [5, 5.41) is 0. The van der Waals surface area contributed by atoms with Crippen LogP contribution in [-0.4, -0.2) is 0 Å². The molecule has 0 rings (SSSR count). The van der Waals surface area contributed by atoms with Crippen molar-refractivity contribution in [3.8, 4) is 0 Å². The Morgan fingerprint density at radius 1 is 0.615 bits per heavy atom. The molecule has 0 bridgehead atoms. The molecule has 0 amide bonds. The van der Waals surface area contributed by atoms with E-state index in [1.54, 1.807) is 0 Å². The molecule has 0 aromatic heterocycles. The van der Waals surface area contributed by atoms with Crippen molar-refractivity contribution in [2.24, 2.45) is 0 Å². The molecule has 13 heavy (non-hydrogen) atoms. The van der Waals surface area contributed by atoms with Gasteiger partial charge in [-0.2, -0.15) is 0 Å². The summed E-state index contributed by atoms with van der Waals surface area (Å²) in [6.45, 7) is 18.8. The van der Waals surface area contributed by atoms with Crippen LogP contribution in [0.15, 0.2) is 13.2 Å². The summed E-state index contributed by atoms with van der Waals surface area (Å²) in [4.78, 5) is 0. The van der Waals surface area contributed by atoms with Gasteiger partial charge in [-0.3, -0.25) is 0 Å². The standard InChI is InChI=1S/C5H12.C4H10.C2H6.C2H4/c1-3-5-4-2;1-3-4-2;2*1-2/h3-5H2,1-2H3;3-4H2,1-2H3;1-2H3;1-2H2. The minimum Gasteiger partial charge on any atom is -0.106 e. The normalized spacial score (nSPS) is 6.31. The summed E-state index contributed by atoms with van der Waals surface area (Å²) in [6.07, 6.45) is 6.72. The SMILES string of the molecule is C=C.CC.CCCC.CCCCC. The summed E-state index contributed by atoms with van der Waals surface area (Å²) in [7, 11) is 0. The number of unbranched alkanes of at least 4 members (excludes halogenated alkanes) is 3. The maximum Gasteiger partial charge on any atom is -0.0538 e. The van der Waals surface area contributed by atoms with Crippen LogP contribution < -0.4 is 0 Å². The van der Waals surface area contributed by atoms with E-state index in [1.165, 1.54) is 32.1 Å². The van der Waals surface area contributed by atoms with E-state index in [0.717, 1.165) is 0 Å². The maximum absolute atomic E-state index is 3.00. The molecule has 0 aliphatic rings. The first kappa shape index (κ1) is 23.0. The van der Waals surface area contributed by atoms with E-state index in [-0.39, 0.29) is 0 Å². The van der Waals surface area contributed by atoms with E-state index in [2.05, 4.69) is 40.9 Å². The lowest BCUT2D eigenvalue weighted by molar-refractivity contribution is 0.772. The zero-order chi connectivity index (χ0) is 11.5. The molecule has 0 atom stereocenters. The summed E-state index contributed by atoms with van der Waals surface area (Å²) in [5.41, 5.74) is 0. The fourth-order valence-corrected chi connectivity index (χ4v) is 0.354. The first-order chi connectivity index (χ1) is 6.33. The molecule has 0 radical (unpaired) electrons. The summed E-state index contributed by atoms with van der Waals surface area (Å²) in [6, 6.07) is 0. The van der Waals surface area contributed by atoms with Gasteiger partial charge in [-0.1, -0.05) is 73.6 Å². The van der Waals surface area contributed by atoms with Gasteiger partial charge in [-0.25, -0.2) is 0 Å². The molecule has 0 spiro atoms. The highest BCUT2D eigenvalue weighted by Crippen LogP contribution is 1.88. The van der Waals surface area contributed by atoms with Crippen LogP contribution in [0.5, 0.6) is 0 Å². The Kier molecular flexibility index (Phi) is 107. The van der Waals surface area contributed by atoms with E-state index < -0.39 is 0 Å². The molecule has 0 heterocycles. The molecular weight excluding hydrogens is 156 g/mol. The average Bonchev–Trinajstić information content (AvgIpc) is 2.25. The van der Waals surface area contributed by atoms with Crippen molar-refractivity contribution in [1.82, 2.24) is 0 Å². The third-order valence-corrected chi connectivity index (χ3v) is 1.21. The molecule has 0 heteroatoms. The average molecular weight is 188 g/mol. The fourth-order valence-electron chi connectivity index (χ4n) is 0.354. The van der Waals surface area contributed by atoms with Gasteiger partial charge in [0.2, 0.25) is 0 Å². The Hall–Kier alpha value is -0.260. The van der Waals surface area contributed by atoms with Crippen molar-refractivity contribution in [2.45, 2.75) is 73.6 Å². The largest absolute Gasteiger partial charge is 0.106 e. The molecule has 0 fully saturated rings. The molecule has 0 unspecified atom stereocenters. The smallest absolute Gasteiger partial charge is 0.0538 e. The molecule has 0 aromatic carbocycles. The minimum absolute atomic E-state index is 1.32. The van der Waals surface area contributed by atoms with Crippen molar-refractivity contribution in [1.29, 1.82) is 0 Å². The van der Waals surface area contributed by atoms with Crippen LogP contribution in [0.1, 0.15) is 73.6 Å². The van der Waals surface area contributed by atoms with Gasteiger partial charge < -0.3 is 0 Å². The highest BCUT2D eigenvalue weighted by molar-refractivity contribution is 4.24.